The molecule has 2 atom stereocenters. The number of benzene rings is 1. The molecular weight excluding hydrogens is 272 g/mol. The van der Waals surface area contributed by atoms with Gasteiger partial charge in [-0.15, -0.1) is 0 Å². The van der Waals surface area contributed by atoms with E-state index in [0.29, 0.717) is 6.04 Å². The Hall–Kier alpha value is -0.610. The van der Waals surface area contributed by atoms with Gasteiger partial charge in [-0.05, 0) is 56.0 Å². The second kappa shape index (κ2) is 6.44. The second-order valence-electron chi connectivity index (χ2n) is 6.08. The molecule has 0 spiro atoms. The van der Waals surface area contributed by atoms with Gasteiger partial charge in [0, 0.05) is 11.1 Å². The third-order valence-electron chi connectivity index (χ3n) is 4.65. The molecule has 0 aromatic heterocycles. The molecule has 3 nitrogen and oxygen atoms in total. The summed E-state index contributed by atoms with van der Waals surface area (Å²) in [6, 6.07) is 8.90. The quantitative estimate of drug-likeness (QED) is 0.930. The van der Waals surface area contributed by atoms with Crippen LogP contribution < -0.4 is 5.73 Å². The van der Waals surface area contributed by atoms with E-state index in [2.05, 4.69) is 17.0 Å². The Labute approximate surface area is 126 Å². The monoisotopic (exact) mass is 294 g/mol. The predicted molar refractivity (Wildman–Crippen MR) is 82.0 cm³/mol. The summed E-state index contributed by atoms with van der Waals surface area (Å²) in [5.41, 5.74) is 7.50. The summed E-state index contributed by atoms with van der Waals surface area (Å²) >= 11 is 5.93. The lowest BCUT2D eigenvalue weighted by atomic mass is 9.89. The van der Waals surface area contributed by atoms with Crippen LogP contribution in [-0.2, 0) is 11.2 Å². The minimum absolute atomic E-state index is 0.197. The van der Waals surface area contributed by atoms with Crippen LogP contribution in [-0.4, -0.2) is 43.3 Å². The number of nitrogens with two attached hydrogens (primary N) is 1. The van der Waals surface area contributed by atoms with Crippen LogP contribution in [0.4, 0.5) is 0 Å². The van der Waals surface area contributed by atoms with Gasteiger partial charge in [0.05, 0.1) is 19.3 Å². The number of hydrogen-bond acceptors (Lipinski definition) is 3. The summed E-state index contributed by atoms with van der Waals surface area (Å²) in [5.74, 6) is 0.783. The van der Waals surface area contributed by atoms with Gasteiger partial charge >= 0.3 is 0 Å². The van der Waals surface area contributed by atoms with Crippen LogP contribution in [0, 0.1) is 5.92 Å². The van der Waals surface area contributed by atoms with E-state index in [-0.39, 0.29) is 6.04 Å². The van der Waals surface area contributed by atoms with E-state index < -0.39 is 0 Å². The van der Waals surface area contributed by atoms with Crippen LogP contribution in [0.25, 0.3) is 0 Å². The van der Waals surface area contributed by atoms with Crippen LogP contribution in [0.2, 0.25) is 5.02 Å². The van der Waals surface area contributed by atoms with E-state index in [1.54, 1.807) is 0 Å². The van der Waals surface area contributed by atoms with Crippen LogP contribution in [0.1, 0.15) is 18.4 Å². The highest BCUT2D eigenvalue weighted by atomic mass is 35.5. The molecule has 2 aliphatic heterocycles. The van der Waals surface area contributed by atoms with Gasteiger partial charge in [0.15, 0.2) is 0 Å². The van der Waals surface area contributed by atoms with Crippen molar-refractivity contribution >= 4 is 11.6 Å². The Morgan fingerprint density at radius 1 is 1.15 bits per heavy atom. The van der Waals surface area contributed by atoms with E-state index >= 15 is 0 Å². The smallest absolute Gasteiger partial charge is 0.0638 e. The van der Waals surface area contributed by atoms with Gasteiger partial charge in [-0.1, -0.05) is 23.7 Å². The van der Waals surface area contributed by atoms with Crippen LogP contribution in [0.3, 0.4) is 0 Å². The topological polar surface area (TPSA) is 38.5 Å². The summed E-state index contributed by atoms with van der Waals surface area (Å²) in [4.78, 5) is 2.52. The fourth-order valence-corrected chi connectivity index (χ4v) is 3.50. The van der Waals surface area contributed by atoms with Crippen molar-refractivity contribution in [2.24, 2.45) is 11.7 Å². The lowest BCUT2D eigenvalue weighted by Gasteiger charge is -2.36. The number of nitrogens with zero attached hydrogens (tertiary/aromatic N) is 1. The summed E-state index contributed by atoms with van der Waals surface area (Å²) < 4.78 is 5.48. The molecule has 2 N–H and O–H groups in total. The summed E-state index contributed by atoms with van der Waals surface area (Å²) in [5, 5.41) is 0.818. The Morgan fingerprint density at radius 3 is 2.45 bits per heavy atom. The number of piperidine rings is 1. The number of halogens is 1. The zero-order chi connectivity index (χ0) is 13.9. The van der Waals surface area contributed by atoms with Crippen molar-refractivity contribution < 1.29 is 4.74 Å². The molecule has 2 saturated heterocycles. The predicted octanol–water partition coefficient (Wildman–Crippen LogP) is 2.32. The maximum Gasteiger partial charge on any atom is 0.0638 e. The average Bonchev–Trinajstić information content (AvgIpc) is 2.89. The first-order valence-electron chi connectivity index (χ1n) is 7.54. The summed E-state index contributed by atoms with van der Waals surface area (Å²) in [6.45, 7) is 3.83. The Morgan fingerprint density at radius 2 is 1.85 bits per heavy atom. The zero-order valence-corrected chi connectivity index (χ0v) is 12.6. The lowest BCUT2D eigenvalue weighted by molar-refractivity contribution is 0.108. The molecule has 0 aliphatic carbocycles. The highest BCUT2D eigenvalue weighted by Gasteiger charge is 2.32. The normalized spacial score (nSPS) is 28.9. The summed E-state index contributed by atoms with van der Waals surface area (Å²) in [6.07, 6.45) is 3.68. The first kappa shape index (κ1) is 14.3. The van der Waals surface area contributed by atoms with E-state index in [1.165, 1.54) is 18.4 Å². The second-order valence-corrected chi connectivity index (χ2v) is 6.52. The molecule has 1 aromatic carbocycles. The Bertz CT molecular complexity index is 429. The largest absolute Gasteiger partial charge is 0.378 e. The first-order valence-corrected chi connectivity index (χ1v) is 7.92. The third kappa shape index (κ3) is 3.34. The van der Waals surface area contributed by atoms with E-state index in [0.717, 1.165) is 43.7 Å². The van der Waals surface area contributed by atoms with Crippen molar-refractivity contribution in [3.8, 4) is 0 Å². The maximum atomic E-state index is 6.10. The van der Waals surface area contributed by atoms with Gasteiger partial charge in [-0.25, -0.2) is 0 Å². The Kier molecular flexibility index (Phi) is 4.61. The molecular formula is C16H23ClN2O. The molecule has 0 unspecified atom stereocenters. The molecule has 0 bridgehead atoms. The fourth-order valence-electron chi connectivity index (χ4n) is 3.38. The zero-order valence-electron chi connectivity index (χ0n) is 11.8. The molecule has 0 radical (unpaired) electrons. The van der Waals surface area contributed by atoms with Gasteiger partial charge in [0.25, 0.3) is 0 Å². The van der Waals surface area contributed by atoms with E-state index in [1.807, 2.05) is 12.1 Å². The fraction of sp³-hybridized carbons (Fsp3) is 0.625. The van der Waals surface area contributed by atoms with E-state index in [9.17, 15) is 0 Å². The number of rotatable bonds is 3. The van der Waals surface area contributed by atoms with Crippen molar-refractivity contribution in [3.05, 3.63) is 34.9 Å². The van der Waals surface area contributed by atoms with Crippen LogP contribution in [0.15, 0.2) is 24.3 Å². The van der Waals surface area contributed by atoms with Crippen molar-refractivity contribution in [2.75, 3.05) is 26.3 Å². The number of likely N-dealkylation sites (tertiary alicyclic amines) is 1. The van der Waals surface area contributed by atoms with Crippen LogP contribution >= 0.6 is 11.6 Å². The van der Waals surface area contributed by atoms with Gasteiger partial charge in [0.1, 0.15) is 0 Å². The molecule has 2 fully saturated rings. The number of ether oxygens (including phenoxy) is 1. The molecule has 4 heteroatoms. The van der Waals surface area contributed by atoms with Crippen molar-refractivity contribution in [1.29, 1.82) is 0 Å². The minimum atomic E-state index is 0.197. The SMILES string of the molecule is N[C@H]1COC[C@@H]1N1CCC(Cc2ccc(Cl)cc2)CC1. The molecule has 3 rings (SSSR count). The molecule has 110 valence electrons. The van der Waals surface area contributed by atoms with E-state index in [4.69, 9.17) is 22.1 Å². The lowest BCUT2D eigenvalue weighted by Crippen LogP contribution is -2.50. The summed E-state index contributed by atoms with van der Waals surface area (Å²) in [7, 11) is 0. The standard InChI is InChI=1S/C16H23ClN2O/c17-14-3-1-12(2-4-14)9-13-5-7-19(8-6-13)16-11-20-10-15(16)18/h1-4,13,15-16H,5-11,18H2/t15-,16-/m0/s1. The molecule has 0 amide bonds. The van der Waals surface area contributed by atoms with Gasteiger partial charge < -0.3 is 10.5 Å². The van der Waals surface area contributed by atoms with Gasteiger partial charge in [-0.3, -0.25) is 4.90 Å². The van der Waals surface area contributed by atoms with Gasteiger partial charge in [-0.2, -0.15) is 0 Å². The molecule has 0 saturated carbocycles. The maximum absolute atomic E-state index is 6.10. The van der Waals surface area contributed by atoms with Crippen molar-refractivity contribution in [2.45, 2.75) is 31.3 Å². The third-order valence-corrected chi connectivity index (χ3v) is 4.90. The van der Waals surface area contributed by atoms with Gasteiger partial charge in [0.2, 0.25) is 0 Å². The first-order chi connectivity index (χ1) is 9.72. The number of hydrogen-bond donors (Lipinski definition) is 1. The average molecular weight is 295 g/mol. The molecule has 20 heavy (non-hydrogen) atoms. The van der Waals surface area contributed by atoms with Crippen molar-refractivity contribution in [1.82, 2.24) is 4.90 Å². The molecule has 2 heterocycles. The van der Waals surface area contributed by atoms with Crippen molar-refractivity contribution in [3.63, 3.8) is 0 Å². The molecule has 2 aliphatic rings. The Balaban J connectivity index is 1.49. The highest BCUT2D eigenvalue weighted by molar-refractivity contribution is 6.30. The molecule has 1 aromatic rings. The highest BCUT2D eigenvalue weighted by Crippen LogP contribution is 2.25. The minimum Gasteiger partial charge on any atom is -0.378 e. The van der Waals surface area contributed by atoms with Crippen LogP contribution in [0.5, 0.6) is 0 Å².